The third kappa shape index (κ3) is 4.61. The van der Waals surface area contributed by atoms with E-state index in [1.165, 1.54) is 0 Å². The number of piperidine rings is 1. The Bertz CT molecular complexity index is 855. The molecule has 1 atom stereocenters. The Morgan fingerprint density at radius 2 is 2.07 bits per heavy atom. The maximum atomic E-state index is 12.6. The van der Waals surface area contributed by atoms with Crippen molar-refractivity contribution in [3.8, 4) is 0 Å². The molecule has 1 aromatic carbocycles. The zero-order valence-corrected chi connectivity index (χ0v) is 17.1. The highest BCUT2D eigenvalue weighted by atomic mass is 16.6. The van der Waals surface area contributed by atoms with E-state index in [0.29, 0.717) is 24.2 Å². The molecule has 0 saturated carbocycles. The fraction of sp³-hybridized carbons (Fsp3) is 0.600. The van der Waals surface area contributed by atoms with Crippen molar-refractivity contribution in [2.75, 3.05) is 13.1 Å². The summed E-state index contributed by atoms with van der Waals surface area (Å²) in [7, 11) is 0. The lowest BCUT2D eigenvalue weighted by atomic mass is 10.0. The highest BCUT2D eigenvalue weighted by Crippen LogP contribution is 2.20. The Hall–Kier alpha value is -2.64. The van der Waals surface area contributed by atoms with Gasteiger partial charge in [0.2, 0.25) is 0 Å². The molecule has 1 N–H and O–H groups in total. The number of nitrogens with one attached hydrogen (secondary N) is 1. The summed E-state index contributed by atoms with van der Waals surface area (Å²) < 4.78 is 7.31. The number of carbonyl (C=O) groups excluding carboxylic acids is 2. The van der Waals surface area contributed by atoms with E-state index in [2.05, 4.69) is 15.6 Å². The van der Waals surface area contributed by atoms with E-state index in [9.17, 15) is 9.59 Å². The molecule has 3 rings (SSSR count). The number of likely N-dealkylation sites (tertiary alicyclic amines) is 1. The molecule has 152 valence electrons. The van der Waals surface area contributed by atoms with E-state index in [-0.39, 0.29) is 18.0 Å². The summed E-state index contributed by atoms with van der Waals surface area (Å²) >= 11 is 0. The smallest absolute Gasteiger partial charge is 0.410 e. The van der Waals surface area contributed by atoms with Gasteiger partial charge in [0.05, 0.1) is 11.6 Å². The second-order valence-corrected chi connectivity index (χ2v) is 8.14. The molecular formula is C20H29N5O3. The van der Waals surface area contributed by atoms with Gasteiger partial charge in [0.15, 0.2) is 0 Å². The monoisotopic (exact) mass is 387 g/mol. The van der Waals surface area contributed by atoms with E-state index in [1.807, 2.05) is 33.8 Å². The number of aryl methyl sites for hydroxylation is 1. The lowest BCUT2D eigenvalue weighted by Crippen LogP contribution is -2.50. The molecule has 2 heterocycles. The van der Waals surface area contributed by atoms with Crippen LogP contribution in [0.1, 0.15) is 57.3 Å². The maximum absolute atomic E-state index is 12.6. The van der Waals surface area contributed by atoms with Gasteiger partial charge in [0, 0.05) is 25.2 Å². The number of rotatable bonds is 4. The Kier molecular flexibility index (Phi) is 5.86. The first kappa shape index (κ1) is 20.1. The lowest BCUT2D eigenvalue weighted by molar-refractivity contribution is 0.00986. The molecule has 1 saturated heterocycles. The van der Waals surface area contributed by atoms with E-state index in [1.54, 1.807) is 21.7 Å². The van der Waals surface area contributed by atoms with E-state index >= 15 is 0 Å². The van der Waals surface area contributed by atoms with Crippen molar-refractivity contribution in [3.63, 3.8) is 0 Å². The molecule has 8 nitrogen and oxygen atoms in total. The standard InChI is InChI=1S/C20H29N5O3/c1-5-25-17-10-9-14(12-16(17)22-23-25)18(26)21-13-15-8-6-7-11-24(15)19(27)28-20(2,3)4/h9-10,12,15H,5-8,11,13H2,1-4H3,(H,21,26). The van der Waals surface area contributed by atoms with Gasteiger partial charge in [-0.25, -0.2) is 9.48 Å². The SMILES string of the molecule is CCn1nnc2cc(C(=O)NCC3CCCCN3C(=O)OC(C)(C)C)ccc21. The first-order valence-corrected chi connectivity index (χ1v) is 9.89. The highest BCUT2D eigenvalue weighted by Gasteiger charge is 2.30. The molecule has 1 aliphatic heterocycles. The van der Waals surface area contributed by atoms with Crippen LogP contribution in [0.3, 0.4) is 0 Å². The van der Waals surface area contributed by atoms with Gasteiger partial charge in [-0.05, 0) is 65.2 Å². The van der Waals surface area contributed by atoms with Crippen LogP contribution in [-0.2, 0) is 11.3 Å². The average Bonchev–Trinajstić information content (AvgIpc) is 3.07. The molecule has 1 unspecified atom stereocenters. The number of benzene rings is 1. The van der Waals surface area contributed by atoms with Crippen LogP contribution in [0.15, 0.2) is 18.2 Å². The number of hydrogen-bond donors (Lipinski definition) is 1. The second-order valence-electron chi connectivity index (χ2n) is 8.14. The van der Waals surface area contributed by atoms with Crippen molar-refractivity contribution in [1.29, 1.82) is 0 Å². The van der Waals surface area contributed by atoms with Crippen molar-refractivity contribution < 1.29 is 14.3 Å². The normalized spacial score (nSPS) is 17.6. The van der Waals surface area contributed by atoms with E-state index in [0.717, 1.165) is 31.3 Å². The van der Waals surface area contributed by atoms with Crippen molar-refractivity contribution in [3.05, 3.63) is 23.8 Å². The summed E-state index contributed by atoms with van der Waals surface area (Å²) in [5.74, 6) is -0.178. The molecule has 1 fully saturated rings. The summed E-state index contributed by atoms with van der Waals surface area (Å²) in [4.78, 5) is 26.8. The highest BCUT2D eigenvalue weighted by molar-refractivity contribution is 5.97. The Morgan fingerprint density at radius 1 is 1.29 bits per heavy atom. The second kappa shape index (κ2) is 8.16. The summed E-state index contributed by atoms with van der Waals surface area (Å²) in [6.07, 6.45) is 2.52. The molecule has 1 aliphatic rings. The molecule has 8 heteroatoms. The minimum atomic E-state index is -0.534. The van der Waals surface area contributed by atoms with E-state index < -0.39 is 5.60 Å². The minimum absolute atomic E-state index is 0.0581. The summed E-state index contributed by atoms with van der Waals surface area (Å²) in [6.45, 7) is 9.35. The van der Waals surface area contributed by atoms with Crippen LogP contribution in [0.5, 0.6) is 0 Å². The zero-order chi connectivity index (χ0) is 20.3. The van der Waals surface area contributed by atoms with Gasteiger partial charge in [-0.2, -0.15) is 0 Å². The predicted octanol–water partition coefficient (Wildman–Crippen LogP) is 2.97. The van der Waals surface area contributed by atoms with Gasteiger partial charge in [-0.1, -0.05) is 5.21 Å². The largest absolute Gasteiger partial charge is 0.444 e. The molecule has 2 amide bonds. The number of nitrogens with zero attached hydrogens (tertiary/aromatic N) is 4. The van der Waals surface area contributed by atoms with Gasteiger partial charge >= 0.3 is 6.09 Å². The Labute approximate surface area is 165 Å². The molecule has 0 bridgehead atoms. The minimum Gasteiger partial charge on any atom is -0.444 e. The molecular weight excluding hydrogens is 358 g/mol. The summed E-state index contributed by atoms with van der Waals surface area (Å²) in [6, 6.07) is 5.33. The molecule has 1 aromatic heterocycles. The number of aromatic nitrogens is 3. The Balaban J connectivity index is 1.64. The van der Waals surface area contributed by atoms with Gasteiger partial charge in [-0.15, -0.1) is 5.10 Å². The number of fused-ring (bicyclic) bond motifs is 1. The predicted molar refractivity (Wildman–Crippen MR) is 106 cm³/mol. The molecule has 0 aliphatic carbocycles. The van der Waals surface area contributed by atoms with Gasteiger partial charge in [-0.3, -0.25) is 4.79 Å². The van der Waals surface area contributed by atoms with Crippen molar-refractivity contribution in [2.45, 2.75) is 65.1 Å². The first-order valence-electron chi connectivity index (χ1n) is 9.89. The van der Waals surface area contributed by atoms with Crippen LogP contribution < -0.4 is 5.32 Å². The molecule has 0 spiro atoms. The van der Waals surface area contributed by atoms with Crippen LogP contribution in [0, 0.1) is 0 Å². The average molecular weight is 387 g/mol. The summed E-state index contributed by atoms with van der Waals surface area (Å²) in [5, 5.41) is 11.1. The van der Waals surface area contributed by atoms with E-state index in [4.69, 9.17) is 4.74 Å². The third-order valence-corrected chi connectivity index (χ3v) is 4.83. The number of hydrogen-bond acceptors (Lipinski definition) is 5. The lowest BCUT2D eigenvalue weighted by Gasteiger charge is -2.36. The molecule has 2 aromatic rings. The molecule has 0 radical (unpaired) electrons. The first-order chi connectivity index (χ1) is 13.3. The fourth-order valence-electron chi connectivity index (χ4n) is 3.43. The van der Waals surface area contributed by atoms with Crippen LogP contribution in [0.25, 0.3) is 11.0 Å². The van der Waals surface area contributed by atoms with Crippen LogP contribution in [0.4, 0.5) is 4.79 Å². The summed E-state index contributed by atoms with van der Waals surface area (Å²) in [5.41, 5.74) is 1.61. The topological polar surface area (TPSA) is 89.4 Å². The maximum Gasteiger partial charge on any atom is 0.410 e. The zero-order valence-electron chi connectivity index (χ0n) is 17.1. The van der Waals surface area contributed by atoms with Crippen LogP contribution in [-0.4, -0.2) is 56.6 Å². The van der Waals surface area contributed by atoms with Crippen LogP contribution in [0.2, 0.25) is 0 Å². The quantitative estimate of drug-likeness (QED) is 0.871. The van der Waals surface area contributed by atoms with Gasteiger partial charge in [0.1, 0.15) is 11.1 Å². The Morgan fingerprint density at radius 3 is 2.79 bits per heavy atom. The van der Waals surface area contributed by atoms with Gasteiger partial charge in [0.25, 0.3) is 5.91 Å². The number of amides is 2. The molecule has 28 heavy (non-hydrogen) atoms. The van der Waals surface area contributed by atoms with Crippen LogP contribution >= 0.6 is 0 Å². The fourth-order valence-corrected chi connectivity index (χ4v) is 3.43. The van der Waals surface area contributed by atoms with Crippen molar-refractivity contribution >= 4 is 23.0 Å². The van der Waals surface area contributed by atoms with Crippen molar-refractivity contribution in [1.82, 2.24) is 25.2 Å². The van der Waals surface area contributed by atoms with Crippen molar-refractivity contribution in [2.24, 2.45) is 0 Å². The van der Waals surface area contributed by atoms with Gasteiger partial charge < -0.3 is 15.0 Å². The third-order valence-electron chi connectivity index (χ3n) is 4.83. The number of carbonyl (C=O) groups is 2. The number of ether oxygens (including phenoxy) is 1.